The van der Waals surface area contributed by atoms with Crippen molar-refractivity contribution in [3.8, 4) is 0 Å². The molecule has 0 saturated carbocycles. The molecule has 0 aromatic rings. The molecule has 0 fully saturated rings. The van der Waals surface area contributed by atoms with Crippen molar-refractivity contribution in [1.82, 2.24) is 0 Å². The second-order valence-electron chi connectivity index (χ2n) is 4.06. The van der Waals surface area contributed by atoms with E-state index in [2.05, 4.69) is 0 Å². The Labute approximate surface area is 97.0 Å². The molecule has 0 aliphatic heterocycles. The molecular weight excluding hydrogens is 231 g/mol. The molecule has 0 N–H and O–H groups in total. The molecule has 0 bridgehead atoms. The number of hydrogen-bond acceptors (Lipinski definition) is 5. The van der Waals surface area contributed by atoms with Crippen LogP contribution in [0.2, 0.25) is 0 Å². The Morgan fingerprint density at radius 2 is 1.38 bits per heavy atom. The van der Waals surface area contributed by atoms with E-state index in [0.29, 0.717) is 0 Å². The highest BCUT2D eigenvalue weighted by Gasteiger charge is 2.37. The summed E-state index contributed by atoms with van der Waals surface area (Å²) >= 11 is 0. The van der Waals surface area contributed by atoms with Crippen molar-refractivity contribution in [2.75, 3.05) is 0 Å². The van der Waals surface area contributed by atoms with Gasteiger partial charge in [-0.25, -0.2) is 0 Å². The molecule has 0 spiro atoms. The van der Waals surface area contributed by atoms with Gasteiger partial charge in [0.05, 0.1) is 12.2 Å². The Morgan fingerprint density at radius 1 is 1.00 bits per heavy atom. The summed E-state index contributed by atoms with van der Waals surface area (Å²) in [4.78, 5) is 10.8. The molecule has 0 saturated heterocycles. The van der Waals surface area contributed by atoms with Crippen molar-refractivity contribution in [1.29, 1.82) is 0 Å². The van der Waals surface area contributed by atoms with E-state index in [0.717, 1.165) is 0 Å². The Kier molecular flexibility index (Phi) is 6.23. The SMILES string of the molecule is CC(=O)O[C@H](C)P(=O)(OC(C)C)OC(C)C. The van der Waals surface area contributed by atoms with Crippen LogP contribution in [-0.4, -0.2) is 24.0 Å². The number of hydrogen-bond donors (Lipinski definition) is 0. The van der Waals surface area contributed by atoms with Gasteiger partial charge in [0.1, 0.15) is 0 Å². The van der Waals surface area contributed by atoms with E-state index >= 15 is 0 Å². The van der Waals surface area contributed by atoms with Crippen molar-refractivity contribution < 1.29 is 23.1 Å². The highest BCUT2D eigenvalue weighted by molar-refractivity contribution is 7.54. The van der Waals surface area contributed by atoms with Crippen molar-refractivity contribution >= 4 is 13.6 Å². The smallest absolute Gasteiger partial charge is 0.371 e. The zero-order valence-electron chi connectivity index (χ0n) is 10.7. The largest absolute Gasteiger partial charge is 0.450 e. The summed E-state index contributed by atoms with van der Waals surface area (Å²) in [7, 11) is -3.42. The van der Waals surface area contributed by atoms with Crippen LogP contribution >= 0.6 is 7.60 Å². The highest BCUT2D eigenvalue weighted by Crippen LogP contribution is 2.55. The Hall–Kier alpha value is -0.380. The molecule has 0 aromatic carbocycles. The van der Waals surface area contributed by atoms with Crippen molar-refractivity contribution in [3.05, 3.63) is 0 Å². The van der Waals surface area contributed by atoms with E-state index in [9.17, 15) is 9.36 Å². The van der Waals surface area contributed by atoms with Gasteiger partial charge in [0, 0.05) is 6.92 Å². The van der Waals surface area contributed by atoms with Gasteiger partial charge < -0.3 is 13.8 Å². The number of rotatable bonds is 6. The lowest BCUT2D eigenvalue weighted by Gasteiger charge is -2.26. The van der Waals surface area contributed by atoms with Gasteiger partial charge in [0.15, 0.2) is 5.85 Å². The third kappa shape index (κ3) is 5.64. The van der Waals surface area contributed by atoms with Gasteiger partial charge in [0.25, 0.3) is 0 Å². The Balaban J connectivity index is 4.76. The quantitative estimate of drug-likeness (QED) is 0.537. The number of carbonyl (C=O) groups excluding carboxylic acids is 1. The maximum atomic E-state index is 12.3. The fourth-order valence-corrected chi connectivity index (χ4v) is 2.93. The van der Waals surface area contributed by atoms with E-state index in [-0.39, 0.29) is 12.2 Å². The average Bonchev–Trinajstić information content (AvgIpc) is 1.98. The van der Waals surface area contributed by atoms with E-state index < -0.39 is 19.4 Å². The predicted molar refractivity (Wildman–Crippen MR) is 61.3 cm³/mol. The van der Waals surface area contributed by atoms with Crippen molar-refractivity contribution in [2.45, 2.75) is 59.6 Å². The van der Waals surface area contributed by atoms with Crippen LogP contribution < -0.4 is 0 Å². The van der Waals surface area contributed by atoms with Gasteiger partial charge in [-0.15, -0.1) is 0 Å². The minimum absolute atomic E-state index is 0.261. The van der Waals surface area contributed by atoms with E-state index in [1.807, 2.05) is 0 Å². The molecule has 0 rings (SSSR count). The van der Waals surface area contributed by atoms with Crippen LogP contribution in [0.1, 0.15) is 41.5 Å². The zero-order chi connectivity index (χ0) is 12.9. The van der Waals surface area contributed by atoms with Crippen LogP contribution in [0.25, 0.3) is 0 Å². The van der Waals surface area contributed by atoms with E-state index in [1.165, 1.54) is 13.8 Å². The topological polar surface area (TPSA) is 61.8 Å². The molecule has 16 heavy (non-hydrogen) atoms. The second kappa shape index (κ2) is 6.38. The van der Waals surface area contributed by atoms with E-state index in [1.54, 1.807) is 27.7 Å². The molecule has 0 amide bonds. The Morgan fingerprint density at radius 3 is 1.62 bits per heavy atom. The van der Waals surface area contributed by atoms with Gasteiger partial charge in [0.2, 0.25) is 0 Å². The minimum atomic E-state index is -3.42. The molecule has 0 heterocycles. The normalized spacial score (nSPS) is 14.2. The fraction of sp³-hybridized carbons (Fsp3) is 0.900. The molecule has 5 nitrogen and oxygen atoms in total. The second-order valence-corrected chi connectivity index (χ2v) is 6.29. The van der Waals surface area contributed by atoms with Crippen molar-refractivity contribution in [3.63, 3.8) is 0 Å². The lowest BCUT2D eigenvalue weighted by Crippen LogP contribution is -2.20. The summed E-state index contributed by atoms with van der Waals surface area (Å²) < 4.78 is 27.7. The van der Waals surface area contributed by atoms with Crippen LogP contribution in [0.3, 0.4) is 0 Å². The molecule has 1 atom stereocenters. The lowest BCUT2D eigenvalue weighted by atomic mass is 10.5. The maximum absolute atomic E-state index is 12.3. The lowest BCUT2D eigenvalue weighted by molar-refractivity contribution is -0.143. The summed E-state index contributed by atoms with van der Waals surface area (Å²) in [6.07, 6.45) is -0.523. The summed E-state index contributed by atoms with van der Waals surface area (Å²) in [5, 5.41) is 0. The van der Waals surface area contributed by atoms with Gasteiger partial charge >= 0.3 is 13.6 Å². The van der Waals surface area contributed by atoms with Crippen LogP contribution in [-0.2, 0) is 23.1 Å². The molecular formula is C10H21O5P. The first-order chi connectivity index (χ1) is 7.17. The summed E-state index contributed by atoms with van der Waals surface area (Å²) in [5.41, 5.74) is 0. The van der Waals surface area contributed by atoms with Crippen LogP contribution in [0.4, 0.5) is 0 Å². The molecule has 0 radical (unpaired) electrons. The van der Waals surface area contributed by atoms with E-state index in [4.69, 9.17) is 13.8 Å². The minimum Gasteiger partial charge on any atom is -0.450 e. The first kappa shape index (κ1) is 15.6. The predicted octanol–water partition coefficient (Wildman–Crippen LogP) is 2.94. The molecule has 0 aliphatic carbocycles. The summed E-state index contributed by atoms with van der Waals surface area (Å²) in [5.74, 6) is -1.40. The van der Waals surface area contributed by atoms with Crippen LogP contribution in [0, 0.1) is 0 Å². The molecule has 0 unspecified atom stereocenters. The first-order valence-electron chi connectivity index (χ1n) is 5.31. The third-order valence-corrected chi connectivity index (χ3v) is 3.92. The Bertz CT molecular complexity index is 260. The van der Waals surface area contributed by atoms with Crippen LogP contribution in [0.15, 0.2) is 0 Å². The highest BCUT2D eigenvalue weighted by atomic mass is 31.2. The van der Waals surface area contributed by atoms with Crippen molar-refractivity contribution in [2.24, 2.45) is 0 Å². The van der Waals surface area contributed by atoms with Gasteiger partial charge in [-0.3, -0.25) is 9.36 Å². The van der Waals surface area contributed by atoms with Crippen LogP contribution in [0.5, 0.6) is 0 Å². The average molecular weight is 252 g/mol. The number of carbonyl (C=O) groups is 1. The fourth-order valence-electron chi connectivity index (χ4n) is 1.09. The molecule has 6 heteroatoms. The standard InChI is InChI=1S/C10H21O5P/c1-7(2)14-16(12,15-8(3)4)10(6)13-9(5)11/h7-8,10H,1-6H3/t10-/m0/s1. The zero-order valence-corrected chi connectivity index (χ0v) is 11.6. The molecule has 0 aliphatic rings. The van der Waals surface area contributed by atoms with Gasteiger partial charge in [-0.2, -0.15) is 0 Å². The van der Waals surface area contributed by atoms with Gasteiger partial charge in [-0.1, -0.05) is 0 Å². The third-order valence-electron chi connectivity index (χ3n) is 1.50. The number of esters is 1. The molecule has 96 valence electrons. The number of ether oxygens (including phenoxy) is 1. The maximum Gasteiger partial charge on any atom is 0.371 e. The van der Waals surface area contributed by atoms with Gasteiger partial charge in [-0.05, 0) is 34.6 Å². The first-order valence-corrected chi connectivity index (χ1v) is 6.92. The summed E-state index contributed by atoms with van der Waals surface area (Å²) in [6, 6.07) is 0. The molecule has 0 aromatic heterocycles. The monoisotopic (exact) mass is 252 g/mol. The summed E-state index contributed by atoms with van der Waals surface area (Å²) in [6.45, 7) is 9.75.